The number of rotatable bonds is 5. The van der Waals surface area contributed by atoms with E-state index < -0.39 is 0 Å². The summed E-state index contributed by atoms with van der Waals surface area (Å²) in [6, 6.07) is 1.60. The van der Waals surface area contributed by atoms with Crippen LogP contribution in [-0.4, -0.2) is 36.6 Å². The van der Waals surface area contributed by atoms with Gasteiger partial charge in [0.2, 0.25) is 0 Å². The molecule has 3 rings (SSSR count). The predicted molar refractivity (Wildman–Crippen MR) is 90.6 cm³/mol. The van der Waals surface area contributed by atoms with E-state index in [1.807, 2.05) is 0 Å². The van der Waals surface area contributed by atoms with E-state index in [-0.39, 0.29) is 0 Å². The Hall–Kier alpha value is -0.0800. The van der Waals surface area contributed by atoms with Gasteiger partial charge < -0.3 is 10.2 Å². The summed E-state index contributed by atoms with van der Waals surface area (Å²) < 4.78 is 0. The van der Waals surface area contributed by atoms with Crippen LogP contribution in [0.1, 0.15) is 77.6 Å². The summed E-state index contributed by atoms with van der Waals surface area (Å²) in [7, 11) is 0. The summed E-state index contributed by atoms with van der Waals surface area (Å²) in [6.07, 6.45) is 16.0. The number of piperidine rings is 1. The Balaban J connectivity index is 1.50. The monoisotopic (exact) mass is 292 g/mol. The highest BCUT2D eigenvalue weighted by Gasteiger charge is 2.29. The first-order valence-corrected chi connectivity index (χ1v) is 9.82. The van der Waals surface area contributed by atoms with E-state index in [9.17, 15) is 0 Å². The highest BCUT2D eigenvalue weighted by molar-refractivity contribution is 4.87. The molecule has 1 N–H and O–H groups in total. The van der Waals surface area contributed by atoms with Gasteiger partial charge in [0.1, 0.15) is 0 Å². The van der Waals surface area contributed by atoms with Gasteiger partial charge in [0.25, 0.3) is 0 Å². The standard InChI is InChI=1S/C19H36N2/c1-2-16-12-19(20-18-10-4-3-5-11-18)15-21(13-16)14-17-8-6-7-9-17/h16-20H,2-15H2,1H3. The van der Waals surface area contributed by atoms with Crippen molar-refractivity contribution >= 4 is 0 Å². The highest BCUT2D eigenvalue weighted by Crippen LogP contribution is 2.28. The van der Waals surface area contributed by atoms with E-state index >= 15 is 0 Å². The first-order chi connectivity index (χ1) is 10.3. The Morgan fingerprint density at radius 1 is 0.810 bits per heavy atom. The molecule has 2 aliphatic carbocycles. The summed E-state index contributed by atoms with van der Waals surface area (Å²) in [6.45, 7) is 6.47. The Morgan fingerprint density at radius 2 is 1.52 bits per heavy atom. The van der Waals surface area contributed by atoms with Crippen LogP contribution < -0.4 is 5.32 Å². The van der Waals surface area contributed by atoms with Gasteiger partial charge in [-0.25, -0.2) is 0 Å². The lowest BCUT2D eigenvalue weighted by atomic mass is 9.89. The Morgan fingerprint density at radius 3 is 2.24 bits per heavy atom. The van der Waals surface area contributed by atoms with Crippen LogP contribution in [0.3, 0.4) is 0 Å². The van der Waals surface area contributed by atoms with Crippen molar-refractivity contribution in [1.29, 1.82) is 0 Å². The van der Waals surface area contributed by atoms with Crippen molar-refractivity contribution in [3.63, 3.8) is 0 Å². The summed E-state index contributed by atoms with van der Waals surface area (Å²) in [5.74, 6) is 1.94. The van der Waals surface area contributed by atoms with E-state index in [1.165, 1.54) is 90.3 Å². The fraction of sp³-hybridized carbons (Fsp3) is 1.00. The van der Waals surface area contributed by atoms with Gasteiger partial charge in [0.15, 0.2) is 0 Å². The molecule has 1 saturated heterocycles. The molecule has 1 heterocycles. The van der Waals surface area contributed by atoms with Gasteiger partial charge >= 0.3 is 0 Å². The molecule has 0 radical (unpaired) electrons. The third-order valence-electron chi connectivity index (χ3n) is 6.26. The van der Waals surface area contributed by atoms with E-state index in [0.29, 0.717) is 0 Å². The van der Waals surface area contributed by atoms with Gasteiger partial charge in [-0.15, -0.1) is 0 Å². The molecule has 0 aromatic heterocycles. The van der Waals surface area contributed by atoms with Crippen LogP contribution in [0.4, 0.5) is 0 Å². The van der Waals surface area contributed by atoms with Gasteiger partial charge in [0, 0.05) is 31.7 Å². The van der Waals surface area contributed by atoms with Crippen LogP contribution >= 0.6 is 0 Å². The molecule has 3 aliphatic rings. The molecule has 21 heavy (non-hydrogen) atoms. The molecule has 3 fully saturated rings. The average Bonchev–Trinajstić information content (AvgIpc) is 3.01. The van der Waals surface area contributed by atoms with Crippen LogP contribution in [0.5, 0.6) is 0 Å². The minimum absolute atomic E-state index is 0.771. The molecule has 0 bridgehead atoms. The molecule has 2 saturated carbocycles. The minimum Gasteiger partial charge on any atom is -0.310 e. The van der Waals surface area contributed by atoms with Gasteiger partial charge in [-0.1, -0.05) is 45.4 Å². The Bertz CT molecular complexity index is 292. The van der Waals surface area contributed by atoms with Crippen LogP contribution in [0.2, 0.25) is 0 Å². The number of nitrogens with one attached hydrogen (secondary N) is 1. The maximum atomic E-state index is 4.04. The Kier molecular flexibility index (Phi) is 5.99. The van der Waals surface area contributed by atoms with Crippen molar-refractivity contribution in [3.05, 3.63) is 0 Å². The van der Waals surface area contributed by atoms with Crippen molar-refractivity contribution in [2.75, 3.05) is 19.6 Å². The summed E-state index contributed by atoms with van der Waals surface area (Å²) in [5, 5.41) is 4.04. The number of hydrogen-bond donors (Lipinski definition) is 1. The third kappa shape index (κ3) is 4.69. The second kappa shape index (κ2) is 7.97. The minimum atomic E-state index is 0.771. The number of likely N-dealkylation sites (tertiary alicyclic amines) is 1. The first kappa shape index (κ1) is 15.8. The quantitative estimate of drug-likeness (QED) is 0.817. The van der Waals surface area contributed by atoms with Crippen molar-refractivity contribution in [2.45, 2.75) is 89.6 Å². The van der Waals surface area contributed by atoms with Crippen LogP contribution in [0.25, 0.3) is 0 Å². The molecule has 2 atom stereocenters. The normalized spacial score (nSPS) is 33.6. The molecular formula is C19H36N2. The lowest BCUT2D eigenvalue weighted by molar-refractivity contribution is 0.113. The van der Waals surface area contributed by atoms with E-state index in [4.69, 9.17) is 0 Å². The third-order valence-corrected chi connectivity index (χ3v) is 6.26. The lowest BCUT2D eigenvalue weighted by Crippen LogP contribution is -2.52. The van der Waals surface area contributed by atoms with E-state index in [1.54, 1.807) is 0 Å². The zero-order valence-corrected chi connectivity index (χ0v) is 14.2. The average molecular weight is 293 g/mol. The first-order valence-electron chi connectivity index (χ1n) is 9.82. The maximum Gasteiger partial charge on any atom is 0.0200 e. The van der Waals surface area contributed by atoms with Gasteiger partial charge in [-0.2, -0.15) is 0 Å². The second-order valence-electron chi connectivity index (χ2n) is 8.08. The van der Waals surface area contributed by atoms with Crippen LogP contribution in [0.15, 0.2) is 0 Å². The van der Waals surface area contributed by atoms with Crippen molar-refractivity contribution in [1.82, 2.24) is 10.2 Å². The smallest absolute Gasteiger partial charge is 0.0200 e. The molecule has 0 spiro atoms. The van der Waals surface area contributed by atoms with E-state index in [0.717, 1.165) is 23.9 Å². The lowest BCUT2D eigenvalue weighted by Gasteiger charge is -2.41. The van der Waals surface area contributed by atoms with E-state index in [2.05, 4.69) is 17.1 Å². The van der Waals surface area contributed by atoms with Gasteiger partial charge in [-0.05, 0) is 43.9 Å². The molecule has 1 aliphatic heterocycles. The van der Waals surface area contributed by atoms with Crippen LogP contribution in [0, 0.1) is 11.8 Å². The molecule has 2 nitrogen and oxygen atoms in total. The second-order valence-corrected chi connectivity index (χ2v) is 8.08. The molecule has 0 amide bonds. The zero-order chi connectivity index (χ0) is 14.5. The predicted octanol–water partition coefficient (Wildman–Crippen LogP) is 4.20. The molecular weight excluding hydrogens is 256 g/mol. The molecule has 122 valence electrons. The van der Waals surface area contributed by atoms with Gasteiger partial charge in [-0.3, -0.25) is 0 Å². The number of nitrogens with zero attached hydrogens (tertiary/aromatic N) is 1. The number of hydrogen-bond acceptors (Lipinski definition) is 2. The zero-order valence-electron chi connectivity index (χ0n) is 14.2. The SMILES string of the molecule is CCC1CC(NC2CCCCC2)CN(CC2CCCC2)C1. The summed E-state index contributed by atoms with van der Waals surface area (Å²) >= 11 is 0. The highest BCUT2D eigenvalue weighted by atomic mass is 15.2. The van der Waals surface area contributed by atoms with Gasteiger partial charge in [0.05, 0.1) is 0 Å². The fourth-order valence-corrected chi connectivity index (χ4v) is 5.03. The molecule has 2 heteroatoms. The van der Waals surface area contributed by atoms with Crippen molar-refractivity contribution < 1.29 is 0 Å². The molecule has 0 aromatic rings. The largest absolute Gasteiger partial charge is 0.310 e. The maximum absolute atomic E-state index is 4.04. The Labute approximate surface area is 132 Å². The summed E-state index contributed by atoms with van der Waals surface area (Å²) in [5.41, 5.74) is 0. The molecule has 0 aromatic carbocycles. The van der Waals surface area contributed by atoms with Crippen LogP contribution in [-0.2, 0) is 0 Å². The van der Waals surface area contributed by atoms with Crippen molar-refractivity contribution in [2.24, 2.45) is 11.8 Å². The summed E-state index contributed by atoms with van der Waals surface area (Å²) in [4.78, 5) is 2.81. The topological polar surface area (TPSA) is 15.3 Å². The van der Waals surface area contributed by atoms with Crippen molar-refractivity contribution in [3.8, 4) is 0 Å². The fourth-order valence-electron chi connectivity index (χ4n) is 5.03. The molecule has 2 unspecified atom stereocenters.